The molecule has 7 heteroatoms. The number of fused-ring (bicyclic) bond motifs is 1. The lowest BCUT2D eigenvalue weighted by molar-refractivity contribution is 0.0535. The van der Waals surface area contributed by atoms with Crippen LogP contribution in [-0.4, -0.2) is 44.8 Å². The number of hydrogen-bond donors (Lipinski definition) is 2. The SMILES string of the molecule is CC(C)N1CC(CO)n2c(CO)cc(=O)c(OCc3ccccc3)c2C1=O. The maximum atomic E-state index is 13.1. The van der Waals surface area contributed by atoms with Crippen LogP contribution in [0.4, 0.5) is 0 Å². The lowest BCUT2D eigenvalue weighted by Gasteiger charge is -2.39. The van der Waals surface area contributed by atoms with Crippen LogP contribution in [0, 0.1) is 0 Å². The smallest absolute Gasteiger partial charge is 0.274 e. The number of carbonyl (C=O) groups is 1. The van der Waals surface area contributed by atoms with Crippen LogP contribution in [0.5, 0.6) is 5.75 Å². The molecule has 27 heavy (non-hydrogen) atoms. The quantitative estimate of drug-likeness (QED) is 0.798. The minimum atomic E-state index is -0.461. The normalized spacial score (nSPS) is 16.6. The van der Waals surface area contributed by atoms with Crippen molar-refractivity contribution in [1.82, 2.24) is 9.47 Å². The highest BCUT2D eigenvalue weighted by molar-refractivity contribution is 5.96. The number of amides is 1. The minimum Gasteiger partial charge on any atom is -0.483 e. The van der Waals surface area contributed by atoms with Gasteiger partial charge in [-0.05, 0) is 19.4 Å². The third-order valence-corrected chi connectivity index (χ3v) is 4.75. The van der Waals surface area contributed by atoms with E-state index in [9.17, 15) is 19.8 Å². The van der Waals surface area contributed by atoms with Crippen LogP contribution in [0.25, 0.3) is 0 Å². The van der Waals surface area contributed by atoms with Gasteiger partial charge in [-0.25, -0.2) is 0 Å². The predicted octanol–water partition coefficient (Wildman–Crippen LogP) is 1.32. The second-order valence-corrected chi connectivity index (χ2v) is 6.87. The summed E-state index contributed by atoms with van der Waals surface area (Å²) in [4.78, 5) is 27.3. The van der Waals surface area contributed by atoms with Gasteiger partial charge in [0.15, 0.2) is 11.4 Å². The van der Waals surface area contributed by atoms with E-state index in [4.69, 9.17) is 4.74 Å². The Kier molecular flexibility index (Phi) is 5.62. The Morgan fingerprint density at radius 2 is 1.89 bits per heavy atom. The van der Waals surface area contributed by atoms with Gasteiger partial charge in [-0.3, -0.25) is 9.59 Å². The van der Waals surface area contributed by atoms with E-state index in [0.29, 0.717) is 6.54 Å². The molecule has 1 aromatic heterocycles. The molecule has 0 saturated carbocycles. The van der Waals surface area contributed by atoms with Crippen molar-refractivity contribution in [3.05, 3.63) is 63.6 Å². The number of ether oxygens (including phenoxy) is 1. The standard InChI is InChI=1S/C20H24N2O5/c1-13(2)21-9-16(11-24)22-15(10-23)8-17(25)19(18(22)20(21)26)27-12-14-6-4-3-5-7-14/h3-8,13,16,23-24H,9-12H2,1-2H3. The first-order valence-corrected chi connectivity index (χ1v) is 8.95. The highest BCUT2D eigenvalue weighted by Crippen LogP contribution is 2.29. The molecule has 1 aliphatic heterocycles. The van der Waals surface area contributed by atoms with Gasteiger partial charge in [0, 0.05) is 24.3 Å². The number of aliphatic hydroxyl groups excluding tert-OH is 2. The number of benzene rings is 1. The molecule has 7 nitrogen and oxygen atoms in total. The zero-order valence-electron chi connectivity index (χ0n) is 15.5. The number of pyridine rings is 1. The molecule has 144 valence electrons. The molecule has 0 aliphatic carbocycles. The van der Waals surface area contributed by atoms with Gasteiger partial charge in [0.05, 0.1) is 19.3 Å². The van der Waals surface area contributed by atoms with Crippen molar-refractivity contribution in [2.75, 3.05) is 13.2 Å². The summed E-state index contributed by atoms with van der Waals surface area (Å²) in [5.74, 6) is -0.394. The van der Waals surface area contributed by atoms with Crippen LogP contribution in [0.2, 0.25) is 0 Å². The first kappa shape index (κ1) is 19.1. The predicted molar refractivity (Wildman–Crippen MR) is 99.7 cm³/mol. The van der Waals surface area contributed by atoms with E-state index >= 15 is 0 Å². The Hall–Kier alpha value is -2.64. The molecule has 0 fully saturated rings. The van der Waals surface area contributed by atoms with E-state index in [0.717, 1.165) is 5.56 Å². The van der Waals surface area contributed by atoms with Crippen LogP contribution in [0.15, 0.2) is 41.2 Å². The van der Waals surface area contributed by atoms with Crippen molar-refractivity contribution in [2.45, 2.75) is 39.1 Å². The van der Waals surface area contributed by atoms with Crippen molar-refractivity contribution < 1.29 is 19.7 Å². The van der Waals surface area contributed by atoms with Gasteiger partial charge in [0.1, 0.15) is 6.61 Å². The Morgan fingerprint density at radius 3 is 2.48 bits per heavy atom. The molecule has 1 amide bonds. The number of carbonyl (C=O) groups excluding carboxylic acids is 1. The van der Waals surface area contributed by atoms with E-state index in [2.05, 4.69) is 0 Å². The van der Waals surface area contributed by atoms with Crippen molar-refractivity contribution in [3.63, 3.8) is 0 Å². The van der Waals surface area contributed by atoms with Crippen LogP contribution in [0.1, 0.15) is 41.6 Å². The van der Waals surface area contributed by atoms with Gasteiger partial charge < -0.3 is 24.4 Å². The largest absolute Gasteiger partial charge is 0.483 e. The summed E-state index contributed by atoms with van der Waals surface area (Å²) in [5, 5.41) is 19.5. The molecule has 0 radical (unpaired) electrons. The third-order valence-electron chi connectivity index (χ3n) is 4.75. The molecule has 1 atom stereocenters. The molecule has 1 aliphatic rings. The van der Waals surface area contributed by atoms with E-state index in [-0.39, 0.29) is 42.3 Å². The summed E-state index contributed by atoms with van der Waals surface area (Å²) >= 11 is 0. The van der Waals surface area contributed by atoms with Gasteiger partial charge in [-0.1, -0.05) is 30.3 Å². The molecular weight excluding hydrogens is 348 g/mol. The van der Waals surface area contributed by atoms with Crippen molar-refractivity contribution in [2.24, 2.45) is 0 Å². The van der Waals surface area contributed by atoms with Gasteiger partial charge in [-0.15, -0.1) is 0 Å². The lowest BCUT2D eigenvalue weighted by atomic mass is 10.1. The topological polar surface area (TPSA) is 92.0 Å². The van der Waals surface area contributed by atoms with E-state index < -0.39 is 18.1 Å². The third kappa shape index (κ3) is 3.61. The fourth-order valence-corrected chi connectivity index (χ4v) is 3.38. The van der Waals surface area contributed by atoms with Crippen molar-refractivity contribution >= 4 is 5.91 Å². The summed E-state index contributed by atoms with van der Waals surface area (Å²) in [6.07, 6.45) is 0. The number of aliphatic hydroxyl groups is 2. The molecular formula is C20H24N2O5. The molecule has 0 bridgehead atoms. The highest BCUT2D eigenvalue weighted by Gasteiger charge is 2.36. The maximum Gasteiger partial charge on any atom is 0.274 e. The Labute approximate surface area is 157 Å². The summed E-state index contributed by atoms with van der Waals surface area (Å²) in [5.41, 5.74) is 0.779. The van der Waals surface area contributed by atoms with Crippen LogP contribution < -0.4 is 10.2 Å². The van der Waals surface area contributed by atoms with Crippen LogP contribution in [0.3, 0.4) is 0 Å². The van der Waals surface area contributed by atoms with Gasteiger partial charge >= 0.3 is 0 Å². The maximum absolute atomic E-state index is 13.1. The fourth-order valence-electron chi connectivity index (χ4n) is 3.38. The summed E-state index contributed by atoms with van der Waals surface area (Å²) < 4.78 is 7.31. The second kappa shape index (κ2) is 7.94. The number of rotatable bonds is 6. The molecule has 2 heterocycles. The second-order valence-electron chi connectivity index (χ2n) is 6.87. The summed E-state index contributed by atoms with van der Waals surface area (Å²) in [7, 11) is 0. The van der Waals surface area contributed by atoms with Gasteiger partial charge in [-0.2, -0.15) is 0 Å². The van der Waals surface area contributed by atoms with E-state index in [1.807, 2.05) is 44.2 Å². The lowest BCUT2D eigenvalue weighted by Crippen LogP contribution is -2.49. The van der Waals surface area contributed by atoms with Crippen LogP contribution >= 0.6 is 0 Å². The molecule has 0 spiro atoms. The summed E-state index contributed by atoms with van der Waals surface area (Å²) in [6, 6.07) is 10.1. The molecule has 1 unspecified atom stereocenters. The average Bonchev–Trinajstić information content (AvgIpc) is 2.67. The first-order chi connectivity index (χ1) is 13.0. The zero-order valence-corrected chi connectivity index (χ0v) is 15.5. The number of hydrogen-bond acceptors (Lipinski definition) is 5. The van der Waals surface area contributed by atoms with Crippen molar-refractivity contribution in [3.8, 4) is 5.75 Å². The summed E-state index contributed by atoms with van der Waals surface area (Å²) in [6.45, 7) is 3.56. The molecule has 1 aromatic carbocycles. The first-order valence-electron chi connectivity index (χ1n) is 8.95. The Bertz CT molecular complexity index is 876. The average molecular weight is 372 g/mol. The Balaban J connectivity index is 2.11. The number of aromatic nitrogens is 1. The van der Waals surface area contributed by atoms with E-state index in [1.54, 1.807) is 9.47 Å². The molecule has 2 N–H and O–H groups in total. The number of nitrogens with zero attached hydrogens (tertiary/aromatic N) is 2. The van der Waals surface area contributed by atoms with Crippen molar-refractivity contribution in [1.29, 1.82) is 0 Å². The van der Waals surface area contributed by atoms with E-state index in [1.165, 1.54) is 6.07 Å². The zero-order chi connectivity index (χ0) is 19.6. The van der Waals surface area contributed by atoms with Gasteiger partial charge in [0.25, 0.3) is 5.91 Å². The van der Waals surface area contributed by atoms with Gasteiger partial charge in [0.2, 0.25) is 5.43 Å². The molecule has 0 saturated heterocycles. The molecule has 2 aromatic rings. The minimum absolute atomic E-state index is 0.0511. The monoisotopic (exact) mass is 372 g/mol. The fraction of sp³-hybridized carbons (Fsp3) is 0.400. The van der Waals surface area contributed by atoms with Crippen LogP contribution in [-0.2, 0) is 13.2 Å². The highest BCUT2D eigenvalue weighted by atomic mass is 16.5. The Morgan fingerprint density at radius 1 is 1.19 bits per heavy atom. The molecule has 3 rings (SSSR count).